The van der Waals surface area contributed by atoms with E-state index in [-0.39, 0.29) is 22.7 Å². The summed E-state index contributed by atoms with van der Waals surface area (Å²) < 4.78 is 171. The van der Waals surface area contributed by atoms with Crippen LogP contribution in [0.2, 0.25) is 0 Å². The standard InChI is InChI=1S/C31H29F11O5/c1-3-5-6-7-19-8-11-22(25(16-19)47-31(40,41)42)24-17-20-9-10-21(18-23(20)46-24)44-14-12-27(32,33)29(36,37)30(38,39)28(34,35)13-15-45-26(43)4-2/h4,8-11,16-18H,2-3,5-7,12-15H2,1H3. The monoisotopic (exact) mass is 690 g/mol. The molecule has 16 heteroatoms. The van der Waals surface area contributed by atoms with Gasteiger partial charge in [-0.1, -0.05) is 32.4 Å². The molecule has 0 saturated heterocycles. The summed E-state index contributed by atoms with van der Waals surface area (Å²) in [5.74, 6) is -26.8. The molecule has 1 aromatic heterocycles. The topological polar surface area (TPSA) is 57.9 Å². The second-order valence-corrected chi connectivity index (χ2v) is 10.4. The summed E-state index contributed by atoms with van der Waals surface area (Å²) >= 11 is 0. The van der Waals surface area contributed by atoms with E-state index >= 15 is 0 Å². The Morgan fingerprint density at radius 1 is 0.830 bits per heavy atom. The summed E-state index contributed by atoms with van der Waals surface area (Å²) in [5, 5.41) is 0.301. The molecule has 0 amide bonds. The predicted molar refractivity (Wildman–Crippen MR) is 147 cm³/mol. The number of hydrogen-bond acceptors (Lipinski definition) is 5. The summed E-state index contributed by atoms with van der Waals surface area (Å²) in [5.41, 5.74) is 0.479. The lowest BCUT2D eigenvalue weighted by atomic mass is 9.95. The van der Waals surface area contributed by atoms with E-state index in [9.17, 15) is 53.1 Å². The molecule has 0 fully saturated rings. The van der Waals surface area contributed by atoms with E-state index in [1.807, 2.05) is 6.92 Å². The fourth-order valence-corrected chi connectivity index (χ4v) is 4.36. The van der Waals surface area contributed by atoms with E-state index in [0.29, 0.717) is 23.4 Å². The van der Waals surface area contributed by atoms with Gasteiger partial charge in [0.15, 0.2) is 0 Å². The smallest absolute Gasteiger partial charge is 0.493 e. The number of unbranched alkanes of at least 4 members (excludes halogenated alkanes) is 2. The molecule has 0 saturated carbocycles. The number of furan rings is 1. The van der Waals surface area contributed by atoms with Crippen molar-refractivity contribution in [2.24, 2.45) is 0 Å². The largest absolute Gasteiger partial charge is 0.573 e. The number of alkyl halides is 11. The molecule has 2 aromatic carbocycles. The molecule has 0 bridgehead atoms. The van der Waals surface area contributed by atoms with Crippen molar-refractivity contribution in [1.82, 2.24) is 0 Å². The number of hydrogen-bond donors (Lipinski definition) is 0. The molecule has 0 N–H and O–H groups in total. The van der Waals surface area contributed by atoms with Gasteiger partial charge in [0.1, 0.15) is 22.8 Å². The first-order valence-corrected chi connectivity index (χ1v) is 14.1. The lowest BCUT2D eigenvalue weighted by Crippen LogP contribution is -2.62. The van der Waals surface area contributed by atoms with Crippen LogP contribution >= 0.6 is 0 Å². The summed E-state index contributed by atoms with van der Waals surface area (Å²) in [4.78, 5) is 10.9. The second-order valence-electron chi connectivity index (χ2n) is 10.4. The van der Waals surface area contributed by atoms with Gasteiger partial charge < -0.3 is 18.6 Å². The lowest BCUT2D eigenvalue weighted by Gasteiger charge is -2.36. The Bertz CT molecular complexity index is 1530. The van der Waals surface area contributed by atoms with Crippen molar-refractivity contribution in [3.63, 3.8) is 0 Å². The van der Waals surface area contributed by atoms with Crippen molar-refractivity contribution in [2.45, 2.75) is 75.5 Å². The Morgan fingerprint density at radius 2 is 1.47 bits per heavy atom. The quantitative estimate of drug-likeness (QED) is 0.0611. The van der Waals surface area contributed by atoms with Crippen molar-refractivity contribution in [2.75, 3.05) is 13.2 Å². The highest BCUT2D eigenvalue weighted by Gasteiger charge is 2.79. The summed E-state index contributed by atoms with van der Waals surface area (Å²) in [7, 11) is 0. The number of aryl methyl sites for hydroxylation is 1. The maximum atomic E-state index is 14.3. The zero-order chi connectivity index (χ0) is 35.3. The number of carbonyl (C=O) groups excluding carboxylic acids is 1. The molecule has 0 radical (unpaired) electrons. The average molecular weight is 691 g/mol. The molecule has 5 nitrogen and oxygen atoms in total. The zero-order valence-electron chi connectivity index (χ0n) is 24.7. The van der Waals surface area contributed by atoms with Crippen molar-refractivity contribution >= 4 is 16.9 Å². The maximum Gasteiger partial charge on any atom is 0.573 e. The number of fused-ring (bicyclic) bond motifs is 1. The van der Waals surface area contributed by atoms with Gasteiger partial charge in [0.25, 0.3) is 0 Å². The van der Waals surface area contributed by atoms with Crippen LogP contribution in [0.15, 0.2) is 59.5 Å². The van der Waals surface area contributed by atoms with E-state index in [4.69, 9.17) is 9.15 Å². The van der Waals surface area contributed by atoms with Crippen LogP contribution in [0.4, 0.5) is 48.3 Å². The van der Waals surface area contributed by atoms with Crippen molar-refractivity contribution in [3.05, 3.63) is 60.7 Å². The van der Waals surface area contributed by atoms with Gasteiger partial charge in [-0.2, -0.15) is 35.1 Å². The fraction of sp³-hybridized carbons (Fsp3) is 0.452. The molecule has 0 aliphatic rings. The van der Waals surface area contributed by atoms with E-state index in [2.05, 4.69) is 16.1 Å². The molecule has 3 rings (SSSR count). The van der Waals surface area contributed by atoms with Gasteiger partial charge in [-0.15, -0.1) is 13.2 Å². The third-order valence-corrected chi connectivity index (χ3v) is 6.92. The molecule has 0 atom stereocenters. The Morgan fingerprint density at radius 3 is 2.06 bits per heavy atom. The summed E-state index contributed by atoms with van der Waals surface area (Å²) in [6, 6.07) is 9.06. The molecule has 0 aliphatic carbocycles. The molecule has 1 heterocycles. The molecule has 260 valence electrons. The number of halogens is 11. The van der Waals surface area contributed by atoms with Gasteiger partial charge >= 0.3 is 36.0 Å². The Hall–Kier alpha value is -3.98. The van der Waals surface area contributed by atoms with Gasteiger partial charge in [0.2, 0.25) is 0 Å². The van der Waals surface area contributed by atoms with Crippen LogP contribution in [0, 0.1) is 0 Å². The van der Waals surface area contributed by atoms with Gasteiger partial charge in [-0.25, -0.2) is 4.79 Å². The first kappa shape index (κ1) is 37.5. The molecule has 47 heavy (non-hydrogen) atoms. The molecular formula is C31H29F11O5. The number of benzene rings is 2. The molecule has 0 aliphatic heterocycles. The molecule has 0 spiro atoms. The normalized spacial score (nSPS) is 13.1. The minimum atomic E-state index is -6.56. The highest BCUT2D eigenvalue weighted by molar-refractivity contribution is 5.85. The maximum absolute atomic E-state index is 14.3. The number of rotatable bonds is 17. The highest BCUT2D eigenvalue weighted by atomic mass is 19.4. The Labute approximate surface area is 261 Å². The van der Waals surface area contributed by atoms with Crippen LogP contribution in [0.3, 0.4) is 0 Å². The van der Waals surface area contributed by atoms with Crippen LogP contribution in [-0.2, 0) is 16.0 Å². The summed E-state index contributed by atoms with van der Waals surface area (Å²) in [6.07, 6.45) is -5.84. The van der Waals surface area contributed by atoms with Crippen molar-refractivity contribution < 1.29 is 71.7 Å². The van der Waals surface area contributed by atoms with Crippen molar-refractivity contribution in [3.8, 4) is 22.8 Å². The van der Waals surface area contributed by atoms with Gasteiger partial charge in [0.05, 0.1) is 31.6 Å². The van der Waals surface area contributed by atoms with Crippen LogP contribution < -0.4 is 9.47 Å². The minimum absolute atomic E-state index is 0.0390. The average Bonchev–Trinajstić information content (AvgIpc) is 3.39. The Kier molecular flexibility index (Phi) is 11.5. The minimum Gasteiger partial charge on any atom is -0.493 e. The van der Waals surface area contributed by atoms with Crippen LogP contribution in [-0.4, -0.2) is 49.2 Å². The zero-order valence-corrected chi connectivity index (χ0v) is 24.7. The van der Waals surface area contributed by atoms with Crippen molar-refractivity contribution in [1.29, 1.82) is 0 Å². The van der Waals surface area contributed by atoms with Crippen LogP contribution in [0.25, 0.3) is 22.3 Å². The fourth-order valence-electron chi connectivity index (χ4n) is 4.36. The van der Waals surface area contributed by atoms with E-state index < -0.39 is 67.8 Å². The third-order valence-electron chi connectivity index (χ3n) is 6.92. The number of carbonyl (C=O) groups is 1. The SMILES string of the molecule is C=CC(=O)OCCC(F)(F)C(F)(F)C(F)(F)C(F)(F)CCOc1ccc2cc(-c3ccc(CCCCC)cc3OC(F)(F)F)oc2c1. The van der Waals surface area contributed by atoms with Gasteiger partial charge in [0, 0.05) is 17.5 Å². The van der Waals surface area contributed by atoms with E-state index in [0.717, 1.165) is 31.4 Å². The van der Waals surface area contributed by atoms with Crippen LogP contribution in [0.1, 0.15) is 44.6 Å². The van der Waals surface area contributed by atoms with Gasteiger partial charge in [-0.3, -0.25) is 0 Å². The van der Waals surface area contributed by atoms with Gasteiger partial charge in [-0.05, 0) is 48.7 Å². The predicted octanol–water partition coefficient (Wildman–Crippen LogP) is 10.2. The van der Waals surface area contributed by atoms with E-state index in [1.54, 1.807) is 6.07 Å². The number of ether oxygens (including phenoxy) is 3. The van der Waals surface area contributed by atoms with E-state index in [1.165, 1.54) is 24.3 Å². The van der Waals surface area contributed by atoms with Crippen LogP contribution in [0.5, 0.6) is 11.5 Å². The first-order valence-electron chi connectivity index (χ1n) is 14.1. The number of esters is 1. The molecule has 3 aromatic rings. The second kappa shape index (κ2) is 14.4. The Balaban J connectivity index is 1.75. The lowest BCUT2D eigenvalue weighted by molar-refractivity contribution is -0.368. The highest BCUT2D eigenvalue weighted by Crippen LogP contribution is 2.54. The molecule has 0 unspecified atom stereocenters. The summed E-state index contributed by atoms with van der Waals surface area (Å²) in [6.45, 7) is 2.06. The first-order chi connectivity index (χ1) is 21.7. The third kappa shape index (κ3) is 8.89. The molecular weight excluding hydrogens is 661 g/mol.